The number of hydrogen-bond acceptors (Lipinski definition) is 0. The number of rotatable bonds is 3. The molecule has 10 heavy (non-hydrogen) atoms. The van der Waals surface area contributed by atoms with Gasteiger partial charge in [0.1, 0.15) is 0 Å². The molecule has 0 unspecified atom stereocenters. The van der Waals surface area contributed by atoms with Gasteiger partial charge in [0.15, 0.2) is 0 Å². The van der Waals surface area contributed by atoms with Crippen LogP contribution in [0.3, 0.4) is 0 Å². The first-order valence-electron chi connectivity index (χ1n) is 3.40. The molecule has 0 saturated heterocycles. The van der Waals surface area contributed by atoms with Gasteiger partial charge in [-0.15, -0.1) is 0 Å². The Kier molecular flexibility index (Phi) is 5.85. The molecule has 0 N–H and O–H groups in total. The summed E-state index contributed by atoms with van der Waals surface area (Å²) < 4.78 is 0. The average Bonchev–Trinajstić information content (AvgIpc) is 1.98. The maximum absolute atomic E-state index is 3.62. The van der Waals surface area contributed by atoms with E-state index in [4.69, 9.17) is 0 Å². The Balaban J connectivity index is 3.85. The topological polar surface area (TPSA) is 0 Å². The van der Waals surface area contributed by atoms with Crippen molar-refractivity contribution in [3.63, 3.8) is 0 Å². The normalized spacial score (nSPS) is 13.7. The highest BCUT2D eigenvalue weighted by atomic mass is 13.9. The molecule has 0 aliphatic heterocycles. The zero-order valence-corrected chi connectivity index (χ0v) is 6.51. The highest BCUT2D eigenvalue weighted by Gasteiger charge is 1.83. The van der Waals surface area contributed by atoms with Crippen LogP contribution < -0.4 is 0 Å². The van der Waals surface area contributed by atoms with Crippen molar-refractivity contribution in [1.29, 1.82) is 0 Å². The summed E-state index contributed by atoms with van der Waals surface area (Å²) in [5.74, 6) is 0. The maximum Gasteiger partial charge on any atom is -0.0101 e. The number of hydrogen-bond donors (Lipinski definition) is 0. The van der Waals surface area contributed by atoms with Gasteiger partial charge >= 0.3 is 0 Å². The summed E-state index contributed by atoms with van der Waals surface area (Å²) in [7, 11) is 0. The van der Waals surface area contributed by atoms with Crippen LogP contribution in [-0.2, 0) is 0 Å². The van der Waals surface area contributed by atoms with Gasteiger partial charge in [0.25, 0.3) is 0 Å². The summed E-state index contributed by atoms with van der Waals surface area (Å²) in [6.45, 7) is 9.25. The van der Waals surface area contributed by atoms with Gasteiger partial charge < -0.3 is 0 Å². The molecular weight excluding hydrogens is 120 g/mol. The van der Waals surface area contributed by atoms with Crippen LogP contribution in [0.2, 0.25) is 0 Å². The van der Waals surface area contributed by atoms with Crippen LogP contribution in [0.5, 0.6) is 0 Å². The minimum atomic E-state index is 0.950. The molecule has 0 heterocycles. The largest absolute Gasteiger partial charge is 0.0879 e. The fraction of sp³-hybridized carbons (Fsp3) is 0.200. The zero-order valence-electron chi connectivity index (χ0n) is 6.51. The molecule has 0 bridgehead atoms. The van der Waals surface area contributed by atoms with Crippen molar-refractivity contribution in [2.75, 3.05) is 0 Å². The van der Waals surface area contributed by atoms with Gasteiger partial charge in [-0.25, -0.2) is 0 Å². The third kappa shape index (κ3) is 4.13. The Morgan fingerprint density at radius 2 is 2.00 bits per heavy atom. The SMILES string of the molecule is [CH2]C=CCC(C=C[CH2])=CC. The molecule has 0 spiro atoms. The lowest BCUT2D eigenvalue weighted by Crippen LogP contribution is -1.72. The Bertz CT molecular complexity index is 147. The predicted molar refractivity (Wildman–Crippen MR) is 47.4 cm³/mol. The highest BCUT2D eigenvalue weighted by molar-refractivity contribution is 5.21. The van der Waals surface area contributed by atoms with Crippen LogP contribution in [0.4, 0.5) is 0 Å². The molecule has 0 aromatic rings. The molecule has 0 rings (SSSR count). The summed E-state index contributed by atoms with van der Waals surface area (Å²) >= 11 is 0. The van der Waals surface area contributed by atoms with Crippen molar-refractivity contribution in [3.8, 4) is 0 Å². The highest BCUT2D eigenvalue weighted by Crippen LogP contribution is 2.03. The predicted octanol–water partition coefficient (Wildman–Crippen LogP) is 3.10. The van der Waals surface area contributed by atoms with Gasteiger partial charge in [0.2, 0.25) is 0 Å². The minimum Gasteiger partial charge on any atom is -0.0879 e. The standard InChI is InChI=1S/C10H14/c1-4-7-9-10(6-3)8-5-2/h4-8H,1-2,9H2,3H3. The first-order chi connectivity index (χ1) is 4.85. The van der Waals surface area contributed by atoms with Gasteiger partial charge in [-0.1, -0.05) is 30.4 Å². The molecule has 0 amide bonds. The molecule has 0 aromatic carbocycles. The van der Waals surface area contributed by atoms with E-state index in [1.54, 1.807) is 12.2 Å². The molecule has 0 nitrogen and oxygen atoms in total. The summed E-state index contributed by atoms with van der Waals surface area (Å²) in [5.41, 5.74) is 1.27. The van der Waals surface area contributed by atoms with E-state index >= 15 is 0 Å². The zero-order chi connectivity index (χ0) is 7.82. The molecule has 2 radical (unpaired) electrons. The van der Waals surface area contributed by atoms with Gasteiger partial charge in [0, 0.05) is 0 Å². The average molecular weight is 134 g/mol. The molecule has 0 aromatic heterocycles. The lowest BCUT2D eigenvalue weighted by atomic mass is 10.1. The first-order valence-corrected chi connectivity index (χ1v) is 3.40. The Morgan fingerprint density at radius 1 is 1.30 bits per heavy atom. The molecule has 0 fully saturated rings. The number of allylic oxidation sites excluding steroid dienone is 6. The van der Waals surface area contributed by atoms with E-state index in [1.165, 1.54) is 5.57 Å². The second kappa shape index (κ2) is 6.34. The van der Waals surface area contributed by atoms with E-state index < -0.39 is 0 Å². The van der Waals surface area contributed by atoms with Gasteiger partial charge in [0.05, 0.1) is 0 Å². The van der Waals surface area contributed by atoms with E-state index in [9.17, 15) is 0 Å². The summed E-state index contributed by atoms with van der Waals surface area (Å²) in [6.07, 6.45) is 10.6. The van der Waals surface area contributed by atoms with Crippen LogP contribution in [-0.4, -0.2) is 0 Å². The molecule has 0 atom stereocenters. The lowest BCUT2D eigenvalue weighted by Gasteiger charge is -1.92. The van der Waals surface area contributed by atoms with Gasteiger partial charge in [-0.3, -0.25) is 0 Å². The Labute approximate surface area is 64.0 Å². The molecular formula is C10H14. The van der Waals surface area contributed by atoms with E-state index in [0.717, 1.165) is 6.42 Å². The van der Waals surface area contributed by atoms with Crippen molar-refractivity contribution in [3.05, 3.63) is 49.8 Å². The van der Waals surface area contributed by atoms with Crippen molar-refractivity contribution < 1.29 is 0 Å². The fourth-order valence-electron chi connectivity index (χ4n) is 0.653. The molecule has 0 heteroatoms. The van der Waals surface area contributed by atoms with Crippen LogP contribution in [0.15, 0.2) is 36.0 Å². The van der Waals surface area contributed by atoms with Gasteiger partial charge in [-0.05, 0) is 32.8 Å². The lowest BCUT2D eigenvalue weighted by molar-refractivity contribution is 1.27. The summed E-state index contributed by atoms with van der Waals surface area (Å²) in [4.78, 5) is 0. The van der Waals surface area contributed by atoms with Gasteiger partial charge in [-0.2, -0.15) is 0 Å². The monoisotopic (exact) mass is 134 g/mol. The third-order valence-electron chi connectivity index (χ3n) is 1.22. The second-order valence-corrected chi connectivity index (χ2v) is 1.94. The van der Waals surface area contributed by atoms with Crippen molar-refractivity contribution in [2.45, 2.75) is 13.3 Å². The quantitative estimate of drug-likeness (QED) is 0.520. The van der Waals surface area contributed by atoms with Crippen molar-refractivity contribution >= 4 is 0 Å². The van der Waals surface area contributed by atoms with Crippen LogP contribution in [0.1, 0.15) is 13.3 Å². The third-order valence-corrected chi connectivity index (χ3v) is 1.22. The first kappa shape index (κ1) is 9.22. The molecule has 0 saturated carbocycles. The molecule has 0 aliphatic rings. The smallest absolute Gasteiger partial charge is 0.0101 e. The fourth-order valence-corrected chi connectivity index (χ4v) is 0.653. The second-order valence-electron chi connectivity index (χ2n) is 1.94. The molecule has 54 valence electrons. The van der Waals surface area contributed by atoms with E-state index in [-0.39, 0.29) is 0 Å². The van der Waals surface area contributed by atoms with Crippen LogP contribution >= 0.6 is 0 Å². The molecule has 0 aliphatic carbocycles. The summed E-state index contributed by atoms with van der Waals surface area (Å²) in [6, 6.07) is 0. The van der Waals surface area contributed by atoms with Crippen molar-refractivity contribution in [2.24, 2.45) is 0 Å². The van der Waals surface area contributed by atoms with Crippen molar-refractivity contribution in [1.82, 2.24) is 0 Å². The van der Waals surface area contributed by atoms with E-state index in [2.05, 4.69) is 19.9 Å². The van der Waals surface area contributed by atoms with Crippen LogP contribution in [0.25, 0.3) is 0 Å². The van der Waals surface area contributed by atoms with E-state index in [1.807, 2.05) is 19.1 Å². The minimum absolute atomic E-state index is 0.950. The Hall–Kier alpha value is -0.780. The summed E-state index contributed by atoms with van der Waals surface area (Å²) in [5, 5.41) is 0. The Morgan fingerprint density at radius 3 is 2.40 bits per heavy atom. The van der Waals surface area contributed by atoms with E-state index in [0.29, 0.717) is 0 Å². The maximum atomic E-state index is 3.62. The van der Waals surface area contributed by atoms with Crippen LogP contribution in [0, 0.1) is 13.8 Å².